The lowest BCUT2D eigenvalue weighted by molar-refractivity contribution is 0.226. The molecule has 1 heterocycles. The third-order valence-electron chi connectivity index (χ3n) is 4.28. The standard InChI is InChI=1S/C17H29N3/c1-4-20(5-2)17-10-8-15(9-11-17)13-18-16-7-6-12-19(3)14-16/h8-11,16,18H,4-7,12-14H2,1-3H3. The van der Waals surface area contributed by atoms with E-state index in [0.717, 1.165) is 19.6 Å². The highest BCUT2D eigenvalue weighted by atomic mass is 15.1. The Morgan fingerprint density at radius 3 is 2.50 bits per heavy atom. The molecule has 1 fully saturated rings. The smallest absolute Gasteiger partial charge is 0.0366 e. The summed E-state index contributed by atoms with van der Waals surface area (Å²) in [6.07, 6.45) is 2.62. The zero-order chi connectivity index (χ0) is 14.4. The SMILES string of the molecule is CCN(CC)c1ccc(CNC2CCCN(C)C2)cc1. The molecule has 1 N–H and O–H groups in total. The molecule has 0 saturated carbocycles. The topological polar surface area (TPSA) is 18.5 Å². The van der Waals surface area contributed by atoms with Gasteiger partial charge in [0.15, 0.2) is 0 Å². The third-order valence-corrected chi connectivity index (χ3v) is 4.28. The molecule has 20 heavy (non-hydrogen) atoms. The van der Waals surface area contributed by atoms with Crippen LogP contribution in [0.4, 0.5) is 5.69 Å². The van der Waals surface area contributed by atoms with E-state index in [1.807, 2.05) is 0 Å². The van der Waals surface area contributed by atoms with Crippen LogP contribution in [0.3, 0.4) is 0 Å². The number of likely N-dealkylation sites (N-methyl/N-ethyl adjacent to an activating group) is 1. The highest BCUT2D eigenvalue weighted by Crippen LogP contribution is 2.15. The Labute approximate surface area is 124 Å². The maximum atomic E-state index is 3.69. The lowest BCUT2D eigenvalue weighted by Crippen LogP contribution is -2.43. The van der Waals surface area contributed by atoms with E-state index >= 15 is 0 Å². The zero-order valence-electron chi connectivity index (χ0n) is 13.2. The van der Waals surface area contributed by atoms with Crippen LogP contribution >= 0.6 is 0 Å². The Kier molecular flexibility index (Phi) is 5.86. The van der Waals surface area contributed by atoms with Crippen LogP contribution in [0.25, 0.3) is 0 Å². The summed E-state index contributed by atoms with van der Waals surface area (Å²) in [6, 6.07) is 9.66. The van der Waals surface area contributed by atoms with Gasteiger partial charge in [0.2, 0.25) is 0 Å². The van der Waals surface area contributed by atoms with Crippen molar-refractivity contribution < 1.29 is 0 Å². The van der Waals surface area contributed by atoms with Gasteiger partial charge in [0.25, 0.3) is 0 Å². The molecule has 0 amide bonds. The maximum Gasteiger partial charge on any atom is 0.0366 e. The van der Waals surface area contributed by atoms with E-state index in [9.17, 15) is 0 Å². The molecule has 1 atom stereocenters. The van der Waals surface area contributed by atoms with E-state index in [2.05, 4.69) is 60.3 Å². The number of nitrogens with one attached hydrogen (secondary N) is 1. The third kappa shape index (κ3) is 4.22. The largest absolute Gasteiger partial charge is 0.372 e. The van der Waals surface area contributed by atoms with Crippen LogP contribution in [0.2, 0.25) is 0 Å². The lowest BCUT2D eigenvalue weighted by atomic mass is 10.1. The minimum Gasteiger partial charge on any atom is -0.372 e. The van der Waals surface area contributed by atoms with Gasteiger partial charge in [-0.25, -0.2) is 0 Å². The number of benzene rings is 1. The van der Waals surface area contributed by atoms with Gasteiger partial charge in [0.1, 0.15) is 0 Å². The van der Waals surface area contributed by atoms with Gasteiger partial charge >= 0.3 is 0 Å². The second kappa shape index (κ2) is 7.65. The number of piperidine rings is 1. The maximum absolute atomic E-state index is 3.69. The molecule has 1 aromatic carbocycles. The first-order valence-electron chi connectivity index (χ1n) is 7.98. The highest BCUT2D eigenvalue weighted by Gasteiger charge is 2.16. The molecule has 1 aromatic rings. The molecule has 3 heteroatoms. The summed E-state index contributed by atoms with van der Waals surface area (Å²) in [4.78, 5) is 4.80. The molecule has 0 aromatic heterocycles. The first-order valence-corrected chi connectivity index (χ1v) is 7.98. The van der Waals surface area contributed by atoms with Crippen molar-refractivity contribution in [3.05, 3.63) is 29.8 Å². The van der Waals surface area contributed by atoms with E-state index in [0.29, 0.717) is 6.04 Å². The van der Waals surface area contributed by atoms with Gasteiger partial charge in [-0.05, 0) is 58.0 Å². The molecule has 2 rings (SSSR count). The Hall–Kier alpha value is -1.06. The second-order valence-corrected chi connectivity index (χ2v) is 5.82. The van der Waals surface area contributed by atoms with E-state index < -0.39 is 0 Å². The summed E-state index contributed by atoms with van der Waals surface area (Å²) in [5, 5.41) is 3.69. The second-order valence-electron chi connectivity index (χ2n) is 5.82. The number of rotatable bonds is 6. The van der Waals surface area contributed by atoms with E-state index in [-0.39, 0.29) is 0 Å². The molecule has 1 unspecified atom stereocenters. The minimum atomic E-state index is 0.649. The fourth-order valence-electron chi connectivity index (χ4n) is 3.01. The van der Waals surface area contributed by atoms with Gasteiger partial charge in [-0.15, -0.1) is 0 Å². The van der Waals surface area contributed by atoms with Crippen LogP contribution in [0.15, 0.2) is 24.3 Å². The van der Waals surface area contributed by atoms with Crippen molar-refractivity contribution in [1.29, 1.82) is 0 Å². The molecule has 0 aliphatic carbocycles. The minimum absolute atomic E-state index is 0.649. The summed E-state index contributed by atoms with van der Waals surface area (Å²) in [7, 11) is 2.21. The molecule has 1 saturated heterocycles. The predicted molar refractivity (Wildman–Crippen MR) is 87.4 cm³/mol. The van der Waals surface area contributed by atoms with Crippen molar-refractivity contribution in [3.63, 3.8) is 0 Å². The molecular formula is C17H29N3. The van der Waals surface area contributed by atoms with Crippen molar-refractivity contribution in [2.45, 2.75) is 39.3 Å². The Bertz CT molecular complexity index is 384. The van der Waals surface area contributed by atoms with Gasteiger partial charge in [0.05, 0.1) is 0 Å². The quantitative estimate of drug-likeness (QED) is 0.861. The Morgan fingerprint density at radius 2 is 1.90 bits per heavy atom. The first-order chi connectivity index (χ1) is 9.72. The molecule has 1 aliphatic heterocycles. The van der Waals surface area contributed by atoms with Crippen molar-refractivity contribution >= 4 is 5.69 Å². The normalized spacial score (nSPS) is 20.1. The van der Waals surface area contributed by atoms with Crippen LogP contribution in [0.5, 0.6) is 0 Å². The fourth-order valence-corrected chi connectivity index (χ4v) is 3.01. The lowest BCUT2D eigenvalue weighted by Gasteiger charge is -2.30. The number of hydrogen-bond donors (Lipinski definition) is 1. The zero-order valence-corrected chi connectivity index (χ0v) is 13.2. The molecule has 0 bridgehead atoms. The number of anilines is 1. The molecule has 0 spiro atoms. The van der Waals surface area contributed by atoms with E-state index in [1.165, 1.54) is 37.2 Å². The number of hydrogen-bond acceptors (Lipinski definition) is 3. The average molecular weight is 275 g/mol. The van der Waals surface area contributed by atoms with Crippen molar-refractivity contribution in [3.8, 4) is 0 Å². The molecule has 1 aliphatic rings. The van der Waals surface area contributed by atoms with Gasteiger partial charge in [-0.2, -0.15) is 0 Å². The molecule has 3 nitrogen and oxygen atoms in total. The van der Waals surface area contributed by atoms with Gasteiger partial charge in [-0.1, -0.05) is 12.1 Å². The fraction of sp³-hybridized carbons (Fsp3) is 0.647. The Balaban J connectivity index is 1.84. The van der Waals surface area contributed by atoms with Gasteiger partial charge < -0.3 is 15.1 Å². The summed E-state index contributed by atoms with van der Waals surface area (Å²) in [5.74, 6) is 0. The molecule has 112 valence electrons. The van der Waals surface area contributed by atoms with E-state index in [1.54, 1.807) is 0 Å². The van der Waals surface area contributed by atoms with Crippen molar-refractivity contribution in [2.24, 2.45) is 0 Å². The molecule has 0 radical (unpaired) electrons. The van der Waals surface area contributed by atoms with Crippen LogP contribution in [0.1, 0.15) is 32.3 Å². The average Bonchev–Trinajstić information content (AvgIpc) is 2.48. The molecular weight excluding hydrogens is 246 g/mol. The highest BCUT2D eigenvalue weighted by molar-refractivity contribution is 5.47. The van der Waals surface area contributed by atoms with Crippen molar-refractivity contribution in [1.82, 2.24) is 10.2 Å². The summed E-state index contributed by atoms with van der Waals surface area (Å²) >= 11 is 0. The van der Waals surface area contributed by atoms with E-state index in [4.69, 9.17) is 0 Å². The predicted octanol–water partition coefficient (Wildman–Crippen LogP) is 2.72. The summed E-state index contributed by atoms with van der Waals surface area (Å²) < 4.78 is 0. The van der Waals surface area contributed by atoms with Crippen molar-refractivity contribution in [2.75, 3.05) is 38.1 Å². The number of likely N-dealkylation sites (tertiary alicyclic amines) is 1. The van der Waals surface area contributed by atoms with Crippen LogP contribution in [0, 0.1) is 0 Å². The van der Waals surface area contributed by atoms with Gasteiger partial charge in [0, 0.05) is 37.9 Å². The van der Waals surface area contributed by atoms with Crippen LogP contribution in [-0.2, 0) is 6.54 Å². The van der Waals surface area contributed by atoms with Crippen LogP contribution < -0.4 is 10.2 Å². The summed E-state index contributed by atoms with van der Waals surface area (Å²) in [5.41, 5.74) is 2.71. The monoisotopic (exact) mass is 275 g/mol. The Morgan fingerprint density at radius 1 is 1.20 bits per heavy atom. The number of nitrogens with zero attached hydrogens (tertiary/aromatic N) is 2. The summed E-state index contributed by atoms with van der Waals surface area (Å²) in [6.45, 7) is 9.97. The van der Waals surface area contributed by atoms with Gasteiger partial charge in [-0.3, -0.25) is 0 Å². The van der Waals surface area contributed by atoms with Crippen LogP contribution in [-0.4, -0.2) is 44.2 Å². The first kappa shape index (κ1) is 15.3.